The largest absolute Gasteiger partial charge is 0.352 e. The van der Waals surface area contributed by atoms with Gasteiger partial charge in [-0.25, -0.2) is 0 Å². The second kappa shape index (κ2) is 9.13. The van der Waals surface area contributed by atoms with E-state index < -0.39 is 0 Å². The average molecular weight is 499 g/mol. The number of anilines is 1. The topological polar surface area (TPSA) is 46.2 Å². The molecule has 0 unspecified atom stereocenters. The molecule has 0 amide bonds. The summed E-state index contributed by atoms with van der Waals surface area (Å²) in [6.45, 7) is 1.99. The molecule has 0 aliphatic heterocycles. The van der Waals surface area contributed by atoms with E-state index in [0.29, 0.717) is 11.1 Å². The van der Waals surface area contributed by atoms with Crippen LogP contribution in [-0.4, -0.2) is 11.6 Å². The van der Waals surface area contributed by atoms with Crippen molar-refractivity contribution < 1.29 is 9.59 Å². The number of ketones is 2. The van der Waals surface area contributed by atoms with Gasteiger partial charge in [0.25, 0.3) is 0 Å². The number of carbonyl (C=O) groups is 2. The number of benzene rings is 3. The number of hydrogen-bond donors (Lipinski definition) is 1. The summed E-state index contributed by atoms with van der Waals surface area (Å²) in [6, 6.07) is 21.7. The van der Waals surface area contributed by atoms with Gasteiger partial charge in [-0.05, 0) is 67.6 Å². The van der Waals surface area contributed by atoms with Crippen molar-refractivity contribution in [2.24, 2.45) is 0 Å². The fourth-order valence-electron chi connectivity index (χ4n) is 2.54. The van der Waals surface area contributed by atoms with E-state index in [1.807, 2.05) is 31.2 Å². The predicted octanol–water partition coefficient (Wildman–Crippen LogP) is 6.58. The number of Topliss-reactive ketones (excluding diaryl/α,β-unsaturated/α-hetero) is 1. The van der Waals surface area contributed by atoms with Crippen molar-refractivity contribution >= 4 is 49.1 Å². The fourth-order valence-corrected chi connectivity index (χ4v) is 3.06. The fraction of sp³-hybridized carbons (Fsp3) is 0.0435. The summed E-state index contributed by atoms with van der Waals surface area (Å²) in [5.74, 6) is -0.494. The summed E-state index contributed by atoms with van der Waals surface area (Å²) in [7, 11) is 0. The summed E-state index contributed by atoms with van der Waals surface area (Å²) in [5, 5.41) is 3.10. The van der Waals surface area contributed by atoms with Gasteiger partial charge in [0.1, 0.15) is 0 Å². The third-order valence-electron chi connectivity index (χ3n) is 4.09. The van der Waals surface area contributed by atoms with Crippen molar-refractivity contribution in [3.8, 4) is 0 Å². The van der Waals surface area contributed by atoms with Gasteiger partial charge in [0, 0.05) is 31.8 Å². The Morgan fingerprint density at radius 3 is 1.79 bits per heavy atom. The lowest BCUT2D eigenvalue weighted by molar-refractivity contribution is 0.101. The van der Waals surface area contributed by atoms with Crippen LogP contribution in [0.4, 0.5) is 5.69 Å². The summed E-state index contributed by atoms with van der Waals surface area (Å²) in [4.78, 5) is 25.8. The van der Waals surface area contributed by atoms with Gasteiger partial charge < -0.3 is 5.32 Å². The molecule has 3 rings (SSSR count). The first kappa shape index (κ1) is 20.2. The first-order valence-corrected chi connectivity index (χ1v) is 10.2. The van der Waals surface area contributed by atoms with Crippen LogP contribution in [0.2, 0.25) is 0 Å². The normalized spacial score (nSPS) is 11.2. The molecular weight excluding hydrogens is 482 g/mol. The van der Waals surface area contributed by atoms with E-state index in [4.69, 9.17) is 0 Å². The van der Waals surface area contributed by atoms with Crippen LogP contribution in [0, 0.1) is 6.92 Å². The van der Waals surface area contributed by atoms with E-state index in [2.05, 4.69) is 37.2 Å². The minimum atomic E-state index is -0.251. The second-order valence-electron chi connectivity index (χ2n) is 6.26. The molecule has 0 heterocycles. The lowest BCUT2D eigenvalue weighted by Gasteiger charge is -2.11. The summed E-state index contributed by atoms with van der Waals surface area (Å²) in [5.41, 5.74) is 3.08. The third-order valence-corrected chi connectivity index (χ3v) is 5.14. The molecule has 3 nitrogen and oxygen atoms in total. The maximum atomic E-state index is 13.0. The Kier molecular flexibility index (Phi) is 6.60. The van der Waals surface area contributed by atoms with E-state index >= 15 is 0 Å². The van der Waals surface area contributed by atoms with Crippen LogP contribution in [0.25, 0.3) is 0 Å². The number of nitrogens with one attached hydrogen (secondary N) is 1. The minimum Gasteiger partial charge on any atom is -0.352 e. The van der Waals surface area contributed by atoms with Gasteiger partial charge in [0.15, 0.2) is 5.78 Å². The summed E-state index contributed by atoms with van der Waals surface area (Å²) in [6.07, 6.45) is 1.35. The molecule has 3 aromatic carbocycles. The molecule has 0 radical (unpaired) electrons. The van der Waals surface area contributed by atoms with Gasteiger partial charge in [-0.2, -0.15) is 0 Å². The molecule has 0 aliphatic rings. The molecule has 0 saturated heterocycles. The number of rotatable bonds is 6. The molecular formula is C23H17Br2NO2. The molecule has 0 fully saturated rings. The van der Waals surface area contributed by atoms with Crippen molar-refractivity contribution in [1.82, 2.24) is 0 Å². The van der Waals surface area contributed by atoms with Gasteiger partial charge in [-0.3, -0.25) is 9.59 Å². The summed E-state index contributed by atoms with van der Waals surface area (Å²) >= 11 is 6.73. The maximum absolute atomic E-state index is 13.0. The molecule has 5 heteroatoms. The van der Waals surface area contributed by atoms with Gasteiger partial charge in [0.05, 0.1) is 5.70 Å². The lowest BCUT2D eigenvalue weighted by Crippen LogP contribution is -2.14. The van der Waals surface area contributed by atoms with E-state index in [1.165, 1.54) is 6.08 Å². The van der Waals surface area contributed by atoms with Gasteiger partial charge >= 0.3 is 0 Å². The Balaban J connectivity index is 1.96. The first-order valence-electron chi connectivity index (χ1n) is 8.58. The maximum Gasteiger partial charge on any atom is 0.209 e. The Hall–Kier alpha value is -2.50. The zero-order valence-corrected chi connectivity index (χ0v) is 18.2. The molecule has 0 aromatic heterocycles. The van der Waals surface area contributed by atoms with E-state index in [1.54, 1.807) is 48.5 Å². The van der Waals surface area contributed by atoms with E-state index in [-0.39, 0.29) is 17.3 Å². The highest BCUT2D eigenvalue weighted by Crippen LogP contribution is 2.19. The highest BCUT2D eigenvalue weighted by molar-refractivity contribution is 9.10. The molecule has 0 saturated carbocycles. The highest BCUT2D eigenvalue weighted by atomic mass is 79.9. The first-order chi connectivity index (χ1) is 13.4. The Morgan fingerprint density at radius 2 is 1.25 bits per heavy atom. The van der Waals surface area contributed by atoms with E-state index in [9.17, 15) is 9.59 Å². The smallest absolute Gasteiger partial charge is 0.209 e. The average Bonchev–Trinajstić information content (AvgIpc) is 2.69. The molecule has 0 bridgehead atoms. The lowest BCUT2D eigenvalue weighted by atomic mass is 10.0. The Morgan fingerprint density at radius 1 is 0.750 bits per heavy atom. The van der Waals surface area contributed by atoms with Crippen LogP contribution in [0.15, 0.2) is 93.5 Å². The van der Waals surface area contributed by atoms with Crippen LogP contribution >= 0.6 is 31.9 Å². The molecule has 0 aliphatic carbocycles. The number of carbonyl (C=O) groups excluding carboxylic acids is 2. The molecule has 28 heavy (non-hydrogen) atoms. The minimum absolute atomic E-state index is 0.221. The predicted molar refractivity (Wildman–Crippen MR) is 120 cm³/mol. The van der Waals surface area contributed by atoms with E-state index in [0.717, 1.165) is 20.2 Å². The van der Waals surface area contributed by atoms with Crippen LogP contribution in [0.3, 0.4) is 0 Å². The van der Waals surface area contributed by atoms with Gasteiger partial charge in [0.2, 0.25) is 5.78 Å². The van der Waals surface area contributed by atoms with Crippen LogP contribution < -0.4 is 5.32 Å². The zero-order valence-electron chi connectivity index (χ0n) is 15.1. The van der Waals surface area contributed by atoms with Crippen molar-refractivity contribution in [3.63, 3.8) is 0 Å². The number of halogens is 2. The quantitative estimate of drug-likeness (QED) is 0.308. The third kappa shape index (κ3) is 5.27. The number of hydrogen-bond acceptors (Lipinski definition) is 3. The van der Waals surface area contributed by atoms with Crippen molar-refractivity contribution in [3.05, 3.63) is 110 Å². The molecule has 0 spiro atoms. The Bertz CT molecular complexity index is 1020. The summed E-state index contributed by atoms with van der Waals surface area (Å²) < 4.78 is 1.77. The standard InChI is InChI=1S/C23H17Br2NO2/c1-15-2-12-20(13-3-15)26-21(23(28)17-6-10-19(25)11-7-17)14-22(27)16-4-8-18(24)9-5-16/h2-14,26H,1H3/b21-14-. The van der Waals surface area contributed by atoms with Crippen molar-refractivity contribution in [1.29, 1.82) is 0 Å². The molecule has 0 atom stereocenters. The van der Waals surface area contributed by atoms with Gasteiger partial charge in [-0.15, -0.1) is 0 Å². The van der Waals surface area contributed by atoms with Crippen LogP contribution in [0.1, 0.15) is 26.3 Å². The number of allylic oxidation sites excluding steroid dienone is 2. The highest BCUT2D eigenvalue weighted by Gasteiger charge is 2.15. The Labute approximate surface area is 180 Å². The van der Waals surface area contributed by atoms with Crippen LogP contribution in [-0.2, 0) is 0 Å². The molecule has 140 valence electrons. The molecule has 3 aromatic rings. The SMILES string of the molecule is Cc1ccc(N/C(=C\C(=O)c2ccc(Br)cc2)C(=O)c2ccc(Br)cc2)cc1. The van der Waals surface area contributed by atoms with Crippen LogP contribution in [0.5, 0.6) is 0 Å². The molecule has 1 N–H and O–H groups in total. The van der Waals surface area contributed by atoms with Crippen molar-refractivity contribution in [2.45, 2.75) is 6.92 Å². The zero-order chi connectivity index (χ0) is 20.1. The second-order valence-corrected chi connectivity index (χ2v) is 8.09. The van der Waals surface area contributed by atoms with Crippen molar-refractivity contribution in [2.75, 3.05) is 5.32 Å². The monoisotopic (exact) mass is 497 g/mol. The number of aryl methyl sites for hydroxylation is 1. The van der Waals surface area contributed by atoms with Gasteiger partial charge in [-0.1, -0.05) is 49.6 Å².